The lowest BCUT2D eigenvalue weighted by molar-refractivity contribution is 0.0933. The first-order valence-electron chi connectivity index (χ1n) is 8.61. The van der Waals surface area contributed by atoms with E-state index in [9.17, 15) is 9.59 Å². The van der Waals surface area contributed by atoms with Crippen molar-refractivity contribution in [1.29, 1.82) is 0 Å². The molecule has 1 fully saturated rings. The zero-order valence-electron chi connectivity index (χ0n) is 15.0. The molecule has 0 unspecified atom stereocenters. The number of anilines is 1. The van der Waals surface area contributed by atoms with Gasteiger partial charge in [0.05, 0.1) is 6.20 Å². The standard InChI is InChI=1S/C19H24N4O2/c1-13-6-7-15(11-17(13)14(2)24)19(25)21-16-5-4-10-23(12-16)18-8-9-20-22(18)3/h6-9,11,16H,4-5,10,12H2,1-3H3,(H,21,25)/t16-/m1/s1. The molecular weight excluding hydrogens is 316 g/mol. The second-order valence-electron chi connectivity index (χ2n) is 6.66. The summed E-state index contributed by atoms with van der Waals surface area (Å²) in [5.74, 6) is 0.916. The van der Waals surface area contributed by atoms with Gasteiger partial charge in [0.15, 0.2) is 5.78 Å². The minimum atomic E-state index is -0.126. The van der Waals surface area contributed by atoms with Gasteiger partial charge in [-0.05, 0) is 44.4 Å². The zero-order chi connectivity index (χ0) is 18.0. The third-order valence-corrected chi connectivity index (χ3v) is 4.75. The van der Waals surface area contributed by atoms with Gasteiger partial charge in [-0.1, -0.05) is 6.07 Å². The molecule has 1 aromatic heterocycles. The van der Waals surface area contributed by atoms with Crippen LogP contribution in [-0.4, -0.2) is 40.6 Å². The van der Waals surface area contributed by atoms with Gasteiger partial charge >= 0.3 is 0 Å². The molecule has 1 aliphatic rings. The molecule has 0 spiro atoms. The van der Waals surface area contributed by atoms with E-state index in [0.29, 0.717) is 11.1 Å². The highest BCUT2D eigenvalue weighted by molar-refractivity contribution is 6.00. The van der Waals surface area contributed by atoms with Crippen LogP contribution < -0.4 is 10.2 Å². The van der Waals surface area contributed by atoms with Crippen LogP contribution in [0.15, 0.2) is 30.5 Å². The maximum Gasteiger partial charge on any atom is 0.251 e. The van der Waals surface area contributed by atoms with Crippen molar-refractivity contribution < 1.29 is 9.59 Å². The van der Waals surface area contributed by atoms with Gasteiger partial charge in [-0.15, -0.1) is 0 Å². The van der Waals surface area contributed by atoms with E-state index < -0.39 is 0 Å². The van der Waals surface area contributed by atoms with E-state index in [1.165, 1.54) is 6.92 Å². The summed E-state index contributed by atoms with van der Waals surface area (Å²) in [7, 11) is 1.92. The highest BCUT2D eigenvalue weighted by Crippen LogP contribution is 2.19. The van der Waals surface area contributed by atoms with Crippen LogP contribution >= 0.6 is 0 Å². The maximum absolute atomic E-state index is 12.6. The molecule has 132 valence electrons. The highest BCUT2D eigenvalue weighted by Gasteiger charge is 2.23. The molecular formula is C19H24N4O2. The third kappa shape index (κ3) is 3.73. The van der Waals surface area contributed by atoms with Crippen molar-refractivity contribution in [3.63, 3.8) is 0 Å². The molecule has 1 aromatic carbocycles. The second kappa shape index (κ2) is 7.09. The summed E-state index contributed by atoms with van der Waals surface area (Å²) in [6.07, 6.45) is 3.75. The lowest BCUT2D eigenvalue weighted by atomic mass is 10.0. The van der Waals surface area contributed by atoms with Gasteiger partial charge in [0, 0.05) is 43.4 Å². The Hall–Kier alpha value is -2.63. The number of nitrogens with one attached hydrogen (secondary N) is 1. The number of carbonyl (C=O) groups excluding carboxylic acids is 2. The van der Waals surface area contributed by atoms with Gasteiger partial charge in [0.1, 0.15) is 5.82 Å². The van der Waals surface area contributed by atoms with E-state index in [1.807, 2.05) is 30.8 Å². The number of rotatable bonds is 4. The fourth-order valence-electron chi connectivity index (χ4n) is 3.39. The van der Waals surface area contributed by atoms with Gasteiger partial charge in [0.25, 0.3) is 5.91 Å². The number of piperidine rings is 1. The minimum Gasteiger partial charge on any atom is -0.355 e. The Balaban J connectivity index is 1.69. The average molecular weight is 340 g/mol. The van der Waals surface area contributed by atoms with E-state index in [-0.39, 0.29) is 17.7 Å². The Bertz CT molecular complexity index is 796. The van der Waals surface area contributed by atoms with Gasteiger partial charge in [0.2, 0.25) is 0 Å². The first-order chi connectivity index (χ1) is 12.0. The number of hydrogen-bond donors (Lipinski definition) is 1. The summed E-state index contributed by atoms with van der Waals surface area (Å²) in [6, 6.07) is 7.36. The summed E-state index contributed by atoms with van der Waals surface area (Å²) in [6.45, 7) is 5.13. The van der Waals surface area contributed by atoms with E-state index in [4.69, 9.17) is 0 Å². The van der Waals surface area contributed by atoms with Gasteiger partial charge in [-0.25, -0.2) is 0 Å². The molecule has 6 nitrogen and oxygen atoms in total. The van der Waals surface area contributed by atoms with Gasteiger partial charge in [-0.3, -0.25) is 14.3 Å². The summed E-state index contributed by atoms with van der Waals surface area (Å²) in [5.41, 5.74) is 2.03. The molecule has 6 heteroatoms. The molecule has 25 heavy (non-hydrogen) atoms. The number of nitrogens with zero attached hydrogens (tertiary/aromatic N) is 3. The van der Waals surface area contributed by atoms with E-state index in [0.717, 1.165) is 37.3 Å². The van der Waals surface area contributed by atoms with Crippen molar-refractivity contribution in [3.8, 4) is 0 Å². The molecule has 1 aliphatic heterocycles. The zero-order valence-corrected chi connectivity index (χ0v) is 15.0. The van der Waals surface area contributed by atoms with Crippen LogP contribution in [0.5, 0.6) is 0 Å². The number of aromatic nitrogens is 2. The first-order valence-corrected chi connectivity index (χ1v) is 8.61. The van der Waals surface area contributed by atoms with Crippen LogP contribution in [-0.2, 0) is 7.05 Å². The SMILES string of the molecule is CC(=O)c1cc(C(=O)N[C@@H]2CCCN(c3ccnn3C)C2)ccc1C. The Morgan fingerprint density at radius 1 is 1.28 bits per heavy atom. The molecule has 0 aliphatic carbocycles. The number of Topliss-reactive ketones (excluding diaryl/α,β-unsaturated/α-hetero) is 1. The average Bonchev–Trinajstić information content (AvgIpc) is 3.01. The minimum absolute atomic E-state index is 0.0211. The number of amides is 1. The lowest BCUT2D eigenvalue weighted by Crippen LogP contribution is -2.48. The predicted molar refractivity (Wildman–Crippen MR) is 97.1 cm³/mol. The molecule has 1 atom stereocenters. The molecule has 0 saturated carbocycles. The number of ketones is 1. The molecule has 0 radical (unpaired) electrons. The Kier molecular flexibility index (Phi) is 4.88. The normalized spacial score (nSPS) is 17.4. The fraction of sp³-hybridized carbons (Fsp3) is 0.421. The molecule has 1 saturated heterocycles. The third-order valence-electron chi connectivity index (χ3n) is 4.75. The van der Waals surface area contributed by atoms with Gasteiger partial charge in [-0.2, -0.15) is 5.10 Å². The molecule has 1 amide bonds. The monoisotopic (exact) mass is 340 g/mol. The second-order valence-corrected chi connectivity index (χ2v) is 6.66. The molecule has 0 bridgehead atoms. The summed E-state index contributed by atoms with van der Waals surface area (Å²) < 4.78 is 1.85. The van der Waals surface area contributed by atoms with Gasteiger partial charge < -0.3 is 10.2 Å². The van der Waals surface area contributed by atoms with E-state index in [1.54, 1.807) is 18.3 Å². The Morgan fingerprint density at radius 3 is 2.76 bits per heavy atom. The maximum atomic E-state index is 12.6. The highest BCUT2D eigenvalue weighted by atomic mass is 16.1. The number of benzene rings is 1. The Morgan fingerprint density at radius 2 is 2.08 bits per heavy atom. The summed E-state index contributed by atoms with van der Waals surface area (Å²) in [5, 5.41) is 7.33. The lowest BCUT2D eigenvalue weighted by Gasteiger charge is -2.34. The van der Waals surface area contributed by atoms with Crippen LogP contribution in [0.25, 0.3) is 0 Å². The molecule has 2 aromatic rings. The molecule has 1 N–H and O–H groups in total. The fourth-order valence-corrected chi connectivity index (χ4v) is 3.39. The van der Waals surface area contributed by atoms with Crippen molar-refractivity contribution in [2.24, 2.45) is 7.05 Å². The number of hydrogen-bond acceptors (Lipinski definition) is 4. The Labute approximate surface area is 147 Å². The van der Waals surface area contributed by atoms with Crippen LogP contribution in [0.4, 0.5) is 5.82 Å². The topological polar surface area (TPSA) is 67.2 Å². The van der Waals surface area contributed by atoms with Crippen molar-refractivity contribution >= 4 is 17.5 Å². The molecule has 3 rings (SSSR count). The van der Waals surface area contributed by atoms with Crippen molar-refractivity contribution in [2.75, 3.05) is 18.0 Å². The predicted octanol–water partition coefficient (Wildman–Crippen LogP) is 2.33. The number of carbonyl (C=O) groups is 2. The largest absolute Gasteiger partial charge is 0.355 e. The first kappa shape index (κ1) is 17.2. The quantitative estimate of drug-likeness (QED) is 0.868. The van der Waals surface area contributed by atoms with Crippen LogP contribution in [0.2, 0.25) is 0 Å². The van der Waals surface area contributed by atoms with Crippen molar-refractivity contribution in [3.05, 3.63) is 47.2 Å². The van der Waals surface area contributed by atoms with Crippen LogP contribution in [0, 0.1) is 6.92 Å². The van der Waals surface area contributed by atoms with Crippen LogP contribution in [0.1, 0.15) is 46.0 Å². The van der Waals surface area contributed by atoms with E-state index in [2.05, 4.69) is 15.3 Å². The number of aryl methyl sites for hydroxylation is 2. The summed E-state index contributed by atoms with van der Waals surface area (Å²) >= 11 is 0. The van der Waals surface area contributed by atoms with Crippen molar-refractivity contribution in [2.45, 2.75) is 32.7 Å². The molecule has 2 heterocycles. The smallest absolute Gasteiger partial charge is 0.251 e. The van der Waals surface area contributed by atoms with E-state index >= 15 is 0 Å². The van der Waals surface area contributed by atoms with Crippen LogP contribution in [0.3, 0.4) is 0 Å². The van der Waals surface area contributed by atoms with Crippen molar-refractivity contribution in [1.82, 2.24) is 15.1 Å². The summed E-state index contributed by atoms with van der Waals surface area (Å²) in [4.78, 5) is 26.5.